The Bertz CT molecular complexity index is 511. The fraction of sp³-hybridized carbons (Fsp3) is 0.500. The standard InChI is InChI=1S/C16H21NO4.C2H6/c1-12(18)6-3-4-7-13-8-5-9-14(10-13)16(20)17-11-15(19)21-2;1-2/h5,8-10H,3-4,6-7,11H2,1-2H3,(H,17,20);1-2H3. The largest absolute Gasteiger partial charge is 0.468 e. The van der Waals surface area contributed by atoms with E-state index in [4.69, 9.17) is 0 Å². The first-order chi connectivity index (χ1) is 11.0. The van der Waals surface area contributed by atoms with Crippen LogP contribution in [0.3, 0.4) is 0 Å². The maximum Gasteiger partial charge on any atom is 0.325 e. The first-order valence-electron chi connectivity index (χ1n) is 7.96. The van der Waals surface area contributed by atoms with E-state index in [1.54, 1.807) is 19.1 Å². The third-order valence-electron chi connectivity index (χ3n) is 3.05. The number of nitrogens with one attached hydrogen (secondary N) is 1. The van der Waals surface area contributed by atoms with Gasteiger partial charge in [-0.25, -0.2) is 0 Å². The van der Waals surface area contributed by atoms with Crippen LogP contribution in [0.15, 0.2) is 24.3 Å². The van der Waals surface area contributed by atoms with Crippen LogP contribution in [0.5, 0.6) is 0 Å². The predicted molar refractivity (Wildman–Crippen MR) is 90.4 cm³/mol. The van der Waals surface area contributed by atoms with Crippen molar-refractivity contribution in [2.45, 2.75) is 46.5 Å². The van der Waals surface area contributed by atoms with Gasteiger partial charge in [-0.2, -0.15) is 0 Å². The number of unbranched alkanes of at least 4 members (excludes halogenated alkanes) is 1. The number of carbonyl (C=O) groups is 3. The number of hydrogen-bond donors (Lipinski definition) is 1. The molecule has 0 fully saturated rings. The van der Waals surface area contributed by atoms with Crippen molar-refractivity contribution in [3.63, 3.8) is 0 Å². The lowest BCUT2D eigenvalue weighted by Gasteiger charge is -2.06. The highest BCUT2D eigenvalue weighted by atomic mass is 16.5. The van der Waals surface area contributed by atoms with Crippen molar-refractivity contribution in [3.8, 4) is 0 Å². The van der Waals surface area contributed by atoms with Gasteiger partial charge >= 0.3 is 5.97 Å². The predicted octanol–water partition coefficient (Wildman–Crippen LogP) is 2.92. The Labute approximate surface area is 138 Å². The van der Waals surface area contributed by atoms with E-state index in [9.17, 15) is 14.4 Å². The number of methoxy groups -OCH3 is 1. The van der Waals surface area contributed by atoms with Gasteiger partial charge in [-0.1, -0.05) is 26.0 Å². The van der Waals surface area contributed by atoms with E-state index in [-0.39, 0.29) is 18.2 Å². The van der Waals surface area contributed by atoms with E-state index in [1.165, 1.54) is 7.11 Å². The minimum atomic E-state index is -0.483. The van der Waals surface area contributed by atoms with E-state index in [2.05, 4.69) is 10.1 Å². The summed E-state index contributed by atoms with van der Waals surface area (Å²) in [5, 5.41) is 2.50. The van der Waals surface area contributed by atoms with Crippen LogP contribution < -0.4 is 5.32 Å². The molecule has 1 N–H and O–H groups in total. The smallest absolute Gasteiger partial charge is 0.325 e. The summed E-state index contributed by atoms with van der Waals surface area (Å²) in [5.41, 5.74) is 1.56. The highest BCUT2D eigenvalue weighted by Gasteiger charge is 2.08. The number of aryl methyl sites for hydroxylation is 1. The van der Waals surface area contributed by atoms with Crippen molar-refractivity contribution in [2.24, 2.45) is 0 Å². The molecule has 0 spiro atoms. The van der Waals surface area contributed by atoms with Crippen molar-refractivity contribution >= 4 is 17.7 Å². The molecule has 0 aliphatic heterocycles. The summed E-state index contributed by atoms with van der Waals surface area (Å²) in [6.07, 6.45) is 3.19. The molecule has 0 saturated carbocycles. The molecule has 0 aliphatic rings. The van der Waals surface area contributed by atoms with Crippen molar-refractivity contribution < 1.29 is 19.1 Å². The van der Waals surface area contributed by atoms with Crippen LogP contribution in [0.1, 0.15) is 56.0 Å². The van der Waals surface area contributed by atoms with Crippen LogP contribution in [-0.2, 0) is 20.7 Å². The molecule has 1 rings (SSSR count). The van der Waals surface area contributed by atoms with Crippen molar-refractivity contribution in [2.75, 3.05) is 13.7 Å². The third kappa shape index (κ3) is 9.45. The minimum Gasteiger partial charge on any atom is -0.468 e. The molecule has 0 radical (unpaired) electrons. The number of Topliss-reactive ketones (excluding diaryl/α,β-unsaturated/α-hetero) is 1. The number of hydrogen-bond acceptors (Lipinski definition) is 4. The van der Waals surface area contributed by atoms with Gasteiger partial charge in [-0.3, -0.25) is 9.59 Å². The molecule has 0 saturated heterocycles. The van der Waals surface area contributed by atoms with E-state index >= 15 is 0 Å². The van der Waals surface area contributed by atoms with Gasteiger partial charge in [0, 0.05) is 12.0 Å². The van der Waals surface area contributed by atoms with E-state index in [0.717, 1.165) is 24.8 Å². The van der Waals surface area contributed by atoms with E-state index in [0.29, 0.717) is 12.0 Å². The molecule has 1 aromatic carbocycles. The number of esters is 1. The van der Waals surface area contributed by atoms with Crippen LogP contribution in [0.4, 0.5) is 0 Å². The Hall–Kier alpha value is -2.17. The Balaban J connectivity index is 0.00000232. The van der Waals surface area contributed by atoms with Gasteiger partial charge in [-0.05, 0) is 43.9 Å². The third-order valence-corrected chi connectivity index (χ3v) is 3.05. The quantitative estimate of drug-likeness (QED) is 0.590. The van der Waals surface area contributed by atoms with Crippen molar-refractivity contribution in [1.29, 1.82) is 0 Å². The summed E-state index contributed by atoms with van der Waals surface area (Å²) in [6.45, 7) is 5.45. The van der Waals surface area contributed by atoms with Crippen LogP contribution in [-0.4, -0.2) is 31.3 Å². The van der Waals surface area contributed by atoms with Crippen molar-refractivity contribution in [3.05, 3.63) is 35.4 Å². The summed E-state index contributed by atoms with van der Waals surface area (Å²) < 4.78 is 4.46. The Morgan fingerprint density at radius 1 is 1.13 bits per heavy atom. The second kappa shape index (κ2) is 12.4. The summed E-state index contributed by atoms with van der Waals surface area (Å²) in [6, 6.07) is 7.27. The molecule has 5 heteroatoms. The average Bonchev–Trinajstić information content (AvgIpc) is 2.58. The summed E-state index contributed by atoms with van der Waals surface area (Å²) in [4.78, 5) is 33.7. The molecule has 0 heterocycles. The Morgan fingerprint density at radius 3 is 2.43 bits per heavy atom. The van der Waals surface area contributed by atoms with E-state index in [1.807, 2.05) is 26.0 Å². The molecule has 1 amide bonds. The normalized spacial score (nSPS) is 9.39. The molecule has 0 aromatic heterocycles. The second-order valence-electron chi connectivity index (χ2n) is 4.87. The van der Waals surface area contributed by atoms with Gasteiger partial charge in [0.05, 0.1) is 7.11 Å². The lowest BCUT2D eigenvalue weighted by atomic mass is 10.0. The molecule has 128 valence electrons. The Morgan fingerprint density at radius 2 is 1.83 bits per heavy atom. The molecule has 5 nitrogen and oxygen atoms in total. The maximum absolute atomic E-state index is 11.9. The fourth-order valence-electron chi connectivity index (χ4n) is 1.90. The molecule has 23 heavy (non-hydrogen) atoms. The first-order valence-corrected chi connectivity index (χ1v) is 7.96. The van der Waals surface area contributed by atoms with Gasteiger partial charge in [0.25, 0.3) is 5.91 Å². The molecule has 1 aromatic rings. The van der Waals surface area contributed by atoms with E-state index < -0.39 is 5.97 Å². The number of carbonyl (C=O) groups excluding carboxylic acids is 3. The number of benzene rings is 1. The summed E-state index contributed by atoms with van der Waals surface area (Å²) >= 11 is 0. The van der Waals surface area contributed by atoms with Gasteiger partial charge < -0.3 is 14.8 Å². The lowest BCUT2D eigenvalue weighted by molar-refractivity contribution is -0.139. The van der Waals surface area contributed by atoms with Crippen LogP contribution in [0.25, 0.3) is 0 Å². The van der Waals surface area contributed by atoms with Crippen LogP contribution in [0, 0.1) is 0 Å². The minimum absolute atomic E-state index is 0.141. The molecule has 0 aliphatic carbocycles. The number of ketones is 1. The highest BCUT2D eigenvalue weighted by Crippen LogP contribution is 2.10. The average molecular weight is 321 g/mol. The second-order valence-corrected chi connectivity index (χ2v) is 4.87. The van der Waals surface area contributed by atoms with Gasteiger partial charge in [0.15, 0.2) is 0 Å². The molecule has 0 bridgehead atoms. The summed E-state index contributed by atoms with van der Waals surface area (Å²) in [7, 11) is 1.27. The molecule has 0 unspecified atom stereocenters. The molecular formula is C18H27NO4. The fourth-order valence-corrected chi connectivity index (χ4v) is 1.90. The zero-order valence-corrected chi connectivity index (χ0v) is 14.5. The highest BCUT2D eigenvalue weighted by molar-refractivity contribution is 5.96. The zero-order chi connectivity index (χ0) is 17.7. The zero-order valence-electron chi connectivity index (χ0n) is 14.5. The van der Waals surface area contributed by atoms with Gasteiger partial charge in [0.1, 0.15) is 12.3 Å². The number of ether oxygens (including phenoxy) is 1. The maximum atomic E-state index is 11.9. The summed E-state index contributed by atoms with van der Waals surface area (Å²) in [5.74, 6) is -0.583. The SMILES string of the molecule is CC.COC(=O)CNC(=O)c1cccc(CCCCC(C)=O)c1. The molecular weight excluding hydrogens is 294 g/mol. The van der Waals surface area contributed by atoms with Gasteiger partial charge in [-0.15, -0.1) is 0 Å². The monoisotopic (exact) mass is 321 g/mol. The first kappa shape index (κ1) is 20.8. The van der Waals surface area contributed by atoms with Crippen LogP contribution in [0.2, 0.25) is 0 Å². The van der Waals surface area contributed by atoms with Crippen molar-refractivity contribution in [1.82, 2.24) is 5.32 Å². The van der Waals surface area contributed by atoms with Crippen LogP contribution >= 0.6 is 0 Å². The Kier molecular flexibility index (Phi) is 11.2. The molecule has 0 atom stereocenters. The number of amides is 1. The lowest BCUT2D eigenvalue weighted by Crippen LogP contribution is -2.30. The van der Waals surface area contributed by atoms with Gasteiger partial charge in [0.2, 0.25) is 0 Å². The number of rotatable bonds is 8. The topological polar surface area (TPSA) is 72.5 Å².